The second-order valence-electron chi connectivity index (χ2n) is 8.09. The zero-order valence-corrected chi connectivity index (χ0v) is 16.0. The quantitative estimate of drug-likeness (QED) is 0.787. The first-order valence-corrected chi connectivity index (χ1v) is 9.89. The van der Waals surface area contributed by atoms with Crippen LogP contribution in [0.5, 0.6) is 0 Å². The molecule has 2 N–H and O–H groups in total. The van der Waals surface area contributed by atoms with Gasteiger partial charge in [0.15, 0.2) is 5.60 Å². The number of halogens is 1. The third kappa shape index (κ3) is 3.51. The predicted molar refractivity (Wildman–Crippen MR) is 103 cm³/mol. The van der Waals surface area contributed by atoms with Crippen LogP contribution in [-0.4, -0.2) is 30.3 Å². The average molecular weight is 380 g/mol. The Balaban J connectivity index is 0.00000196. The van der Waals surface area contributed by atoms with Gasteiger partial charge in [0.2, 0.25) is 0 Å². The first kappa shape index (κ1) is 19.7. The van der Waals surface area contributed by atoms with E-state index in [9.17, 15) is 9.90 Å². The molecular weight excluding hydrogens is 350 g/mol. The van der Waals surface area contributed by atoms with Gasteiger partial charge in [0.05, 0.1) is 0 Å². The van der Waals surface area contributed by atoms with Gasteiger partial charge in [0.1, 0.15) is 6.10 Å². The van der Waals surface area contributed by atoms with E-state index >= 15 is 0 Å². The van der Waals surface area contributed by atoms with Crippen LogP contribution in [-0.2, 0) is 15.1 Å². The molecule has 2 aliphatic carbocycles. The highest BCUT2D eigenvalue weighted by Gasteiger charge is 2.50. The number of aliphatic hydroxyl groups is 1. The van der Waals surface area contributed by atoms with Gasteiger partial charge in [-0.3, -0.25) is 0 Å². The molecule has 26 heavy (non-hydrogen) atoms. The number of rotatable bonds is 4. The van der Waals surface area contributed by atoms with Crippen molar-refractivity contribution in [3.05, 3.63) is 35.9 Å². The third-order valence-electron chi connectivity index (χ3n) is 6.61. The molecule has 1 aromatic carbocycles. The van der Waals surface area contributed by atoms with E-state index in [0.29, 0.717) is 17.4 Å². The molecule has 0 spiro atoms. The number of fused-ring (bicyclic) bond motifs is 2. The van der Waals surface area contributed by atoms with E-state index in [1.54, 1.807) is 0 Å². The minimum atomic E-state index is -1.50. The Morgan fingerprint density at radius 1 is 1.00 bits per heavy atom. The summed E-state index contributed by atoms with van der Waals surface area (Å²) in [6.07, 6.45) is 7.32. The Kier molecular flexibility index (Phi) is 6.26. The molecule has 4 rings (SSSR count). The molecule has 5 heteroatoms. The monoisotopic (exact) mass is 379 g/mol. The van der Waals surface area contributed by atoms with E-state index < -0.39 is 11.6 Å². The zero-order chi connectivity index (χ0) is 17.3. The van der Waals surface area contributed by atoms with Crippen LogP contribution < -0.4 is 5.32 Å². The van der Waals surface area contributed by atoms with E-state index in [1.165, 1.54) is 6.42 Å². The molecule has 4 atom stereocenters. The largest absolute Gasteiger partial charge is 0.459 e. The van der Waals surface area contributed by atoms with Crippen molar-refractivity contribution in [2.24, 2.45) is 17.8 Å². The lowest BCUT2D eigenvalue weighted by atomic mass is 9.75. The van der Waals surface area contributed by atoms with Crippen molar-refractivity contribution < 1.29 is 14.6 Å². The number of ether oxygens (including phenoxy) is 1. The van der Waals surface area contributed by atoms with Crippen LogP contribution in [0.25, 0.3) is 0 Å². The standard InChI is InChI=1S/C21H29NO3.ClH/c23-20(25-19-15-7-6-8-16(19)14-22-13-15)21(24,18-11-4-5-12-18)17-9-2-1-3-10-17;/h1-3,9-10,15-16,18-19,22,24H,4-8,11-14H2;1H/t15-,16+,19?,21-;/m0./s1. The van der Waals surface area contributed by atoms with Crippen molar-refractivity contribution in [1.82, 2.24) is 5.32 Å². The highest BCUT2D eigenvalue weighted by atomic mass is 35.5. The van der Waals surface area contributed by atoms with Gasteiger partial charge < -0.3 is 15.2 Å². The molecule has 0 aromatic heterocycles. The summed E-state index contributed by atoms with van der Waals surface area (Å²) < 4.78 is 6.06. The Hall–Kier alpha value is -1.10. The number of piperidine rings is 1. The van der Waals surface area contributed by atoms with E-state index in [1.807, 2.05) is 30.3 Å². The van der Waals surface area contributed by atoms with Crippen LogP contribution in [0.15, 0.2) is 30.3 Å². The van der Waals surface area contributed by atoms with Gasteiger partial charge in [-0.15, -0.1) is 12.4 Å². The molecule has 1 aromatic rings. The Bertz CT molecular complexity index is 583. The number of hydrogen-bond donors (Lipinski definition) is 2. The Morgan fingerprint density at radius 3 is 2.23 bits per heavy atom. The fraction of sp³-hybridized carbons (Fsp3) is 0.667. The van der Waals surface area contributed by atoms with Gasteiger partial charge in [0.25, 0.3) is 0 Å². The fourth-order valence-electron chi connectivity index (χ4n) is 5.21. The molecule has 0 radical (unpaired) electrons. The SMILES string of the molecule is Cl.O=C(OC1[C@@H]2CCC[C@H]1CNC2)[C@](O)(c1ccccc1)C1CCCC1. The van der Waals surface area contributed by atoms with Crippen molar-refractivity contribution in [2.45, 2.75) is 56.7 Å². The predicted octanol–water partition coefficient (Wildman–Crippen LogP) is 3.42. The lowest BCUT2D eigenvalue weighted by Crippen LogP contribution is -2.54. The van der Waals surface area contributed by atoms with Gasteiger partial charge in [0, 0.05) is 30.8 Å². The molecule has 144 valence electrons. The molecule has 1 aliphatic heterocycles. The highest BCUT2D eigenvalue weighted by Crippen LogP contribution is 2.43. The van der Waals surface area contributed by atoms with Crippen LogP contribution in [0.3, 0.4) is 0 Å². The number of nitrogens with one attached hydrogen (secondary N) is 1. The van der Waals surface area contributed by atoms with Gasteiger partial charge in [-0.25, -0.2) is 4.79 Å². The molecule has 2 saturated carbocycles. The van der Waals surface area contributed by atoms with Gasteiger partial charge in [-0.1, -0.05) is 49.6 Å². The fourth-order valence-corrected chi connectivity index (χ4v) is 5.21. The van der Waals surface area contributed by atoms with Gasteiger partial charge in [-0.05, 0) is 31.2 Å². The van der Waals surface area contributed by atoms with Crippen molar-refractivity contribution in [1.29, 1.82) is 0 Å². The summed E-state index contributed by atoms with van der Waals surface area (Å²) >= 11 is 0. The Morgan fingerprint density at radius 2 is 1.62 bits per heavy atom. The summed E-state index contributed by atoms with van der Waals surface area (Å²) in [4.78, 5) is 13.3. The number of hydrogen-bond acceptors (Lipinski definition) is 4. The van der Waals surface area contributed by atoms with Gasteiger partial charge >= 0.3 is 5.97 Å². The molecular formula is C21H30ClNO3. The second-order valence-corrected chi connectivity index (χ2v) is 8.09. The number of esters is 1. The maximum Gasteiger partial charge on any atom is 0.343 e. The summed E-state index contributed by atoms with van der Waals surface area (Å²) in [5.41, 5.74) is -0.817. The first-order valence-electron chi connectivity index (χ1n) is 9.89. The van der Waals surface area contributed by atoms with E-state index in [4.69, 9.17) is 4.74 Å². The van der Waals surface area contributed by atoms with Crippen LogP contribution in [0, 0.1) is 17.8 Å². The van der Waals surface area contributed by atoms with E-state index in [0.717, 1.165) is 51.6 Å². The zero-order valence-electron chi connectivity index (χ0n) is 15.2. The van der Waals surface area contributed by atoms with Crippen LogP contribution in [0.2, 0.25) is 0 Å². The maximum absolute atomic E-state index is 13.3. The maximum atomic E-state index is 13.3. The summed E-state index contributed by atoms with van der Waals surface area (Å²) in [5.74, 6) is 0.318. The summed E-state index contributed by atoms with van der Waals surface area (Å²) in [5, 5.41) is 15.0. The van der Waals surface area contributed by atoms with Crippen LogP contribution in [0.4, 0.5) is 0 Å². The van der Waals surface area contributed by atoms with Crippen LogP contribution in [0.1, 0.15) is 50.5 Å². The number of benzene rings is 1. The van der Waals surface area contributed by atoms with Crippen molar-refractivity contribution in [2.75, 3.05) is 13.1 Å². The minimum Gasteiger partial charge on any atom is -0.459 e. The van der Waals surface area contributed by atoms with Gasteiger partial charge in [-0.2, -0.15) is 0 Å². The van der Waals surface area contributed by atoms with Crippen molar-refractivity contribution in [3.8, 4) is 0 Å². The van der Waals surface area contributed by atoms with Crippen LogP contribution >= 0.6 is 12.4 Å². The second kappa shape index (κ2) is 8.28. The number of carbonyl (C=O) groups excluding carboxylic acids is 1. The van der Waals surface area contributed by atoms with Crippen molar-refractivity contribution >= 4 is 18.4 Å². The minimum absolute atomic E-state index is 0. The molecule has 1 unspecified atom stereocenters. The Labute approximate surface area is 162 Å². The molecule has 3 fully saturated rings. The smallest absolute Gasteiger partial charge is 0.343 e. The topological polar surface area (TPSA) is 58.6 Å². The molecule has 1 saturated heterocycles. The average Bonchev–Trinajstić information content (AvgIpc) is 3.16. The highest BCUT2D eigenvalue weighted by molar-refractivity contribution is 5.85. The number of carbonyl (C=O) groups is 1. The normalized spacial score (nSPS) is 30.9. The molecule has 1 heterocycles. The molecule has 3 aliphatic rings. The summed E-state index contributed by atoms with van der Waals surface area (Å²) in [7, 11) is 0. The molecule has 2 bridgehead atoms. The summed E-state index contributed by atoms with van der Waals surface area (Å²) in [6, 6.07) is 9.43. The van der Waals surface area contributed by atoms with E-state index in [-0.39, 0.29) is 24.4 Å². The first-order chi connectivity index (χ1) is 12.2. The van der Waals surface area contributed by atoms with Crippen molar-refractivity contribution in [3.63, 3.8) is 0 Å². The van der Waals surface area contributed by atoms with E-state index in [2.05, 4.69) is 5.32 Å². The lowest BCUT2D eigenvalue weighted by Gasteiger charge is -2.43. The molecule has 0 amide bonds. The molecule has 4 nitrogen and oxygen atoms in total. The lowest BCUT2D eigenvalue weighted by molar-refractivity contribution is -0.188. The third-order valence-corrected chi connectivity index (χ3v) is 6.61. The summed E-state index contributed by atoms with van der Waals surface area (Å²) in [6.45, 7) is 1.84.